The van der Waals surface area contributed by atoms with Gasteiger partial charge in [-0.2, -0.15) is 0 Å². The van der Waals surface area contributed by atoms with E-state index in [2.05, 4.69) is 35.2 Å². The van der Waals surface area contributed by atoms with Gasteiger partial charge >= 0.3 is 5.97 Å². The van der Waals surface area contributed by atoms with Crippen molar-refractivity contribution in [1.29, 1.82) is 0 Å². The van der Waals surface area contributed by atoms with Gasteiger partial charge in [0.2, 0.25) is 0 Å². The number of aromatic hydroxyl groups is 1. The Morgan fingerprint density at radius 3 is 2.54 bits per heavy atom. The first-order valence-corrected chi connectivity index (χ1v) is 13.2. The second-order valence-corrected chi connectivity index (χ2v) is 10.4. The molecule has 192 valence electrons. The summed E-state index contributed by atoms with van der Waals surface area (Å²) < 4.78 is 12.4. The minimum Gasteiger partial charge on any atom is -0.508 e. The Balaban J connectivity index is 1.51. The molecule has 1 fully saturated rings. The molecular weight excluding hydrogens is 465 g/mol. The van der Waals surface area contributed by atoms with Crippen LogP contribution in [0.5, 0.6) is 5.75 Å². The van der Waals surface area contributed by atoms with Gasteiger partial charge in [-0.1, -0.05) is 42.5 Å². The lowest BCUT2D eigenvalue weighted by atomic mass is 9.85. The number of carboxylic acids is 1. The molecule has 0 amide bonds. The van der Waals surface area contributed by atoms with Crippen LogP contribution in [0.25, 0.3) is 11.1 Å². The number of hydrogen-bond acceptors (Lipinski definition) is 3. The highest BCUT2D eigenvalue weighted by atomic mass is 19.1. The molecule has 5 rings (SSSR count). The minimum atomic E-state index is -0.912. The van der Waals surface area contributed by atoms with Gasteiger partial charge in [0.1, 0.15) is 5.75 Å². The van der Waals surface area contributed by atoms with E-state index < -0.39 is 5.97 Å². The SMILES string of the molecule is Cc1c(O)cccc1C1=C(c2ccc(CC3CN(CCCF)C3)cc2)c2ccc(C(=O)O)cc2CCC1. The van der Waals surface area contributed by atoms with Gasteiger partial charge in [0.25, 0.3) is 0 Å². The van der Waals surface area contributed by atoms with Crippen LogP contribution in [0.1, 0.15) is 63.0 Å². The van der Waals surface area contributed by atoms with E-state index in [-0.39, 0.29) is 12.4 Å². The number of carbonyl (C=O) groups is 1. The van der Waals surface area contributed by atoms with Gasteiger partial charge in [-0.25, -0.2) is 4.79 Å². The Morgan fingerprint density at radius 2 is 1.81 bits per heavy atom. The maximum Gasteiger partial charge on any atom is 0.335 e. The van der Waals surface area contributed by atoms with E-state index >= 15 is 0 Å². The number of halogens is 1. The van der Waals surface area contributed by atoms with E-state index in [1.165, 1.54) is 11.1 Å². The molecule has 0 bridgehead atoms. The lowest BCUT2D eigenvalue weighted by molar-refractivity contribution is 0.0696. The molecule has 0 unspecified atom stereocenters. The molecule has 2 N–H and O–H groups in total. The monoisotopic (exact) mass is 499 g/mol. The third-order valence-corrected chi connectivity index (χ3v) is 7.83. The molecule has 0 radical (unpaired) electrons. The molecule has 1 saturated heterocycles. The fourth-order valence-electron chi connectivity index (χ4n) is 5.88. The molecule has 0 saturated carbocycles. The Kier molecular flexibility index (Phi) is 7.43. The molecule has 0 aromatic heterocycles. The van der Waals surface area contributed by atoms with Crippen molar-refractivity contribution < 1.29 is 19.4 Å². The molecule has 1 aliphatic carbocycles. The first-order chi connectivity index (χ1) is 17.9. The standard InChI is InChI=1S/C32H34FNO3/c1-21-27(6-3-8-30(21)35)29-7-2-5-25-18-26(32(36)37)13-14-28(25)31(29)24-11-9-22(10-12-24)17-23-19-34(20-23)16-4-15-33/h3,6,8-14,18,23,35H,2,4-5,7,15-17,19-20H2,1H3,(H,36,37). The van der Waals surface area contributed by atoms with Crippen molar-refractivity contribution in [2.45, 2.75) is 39.0 Å². The number of rotatable bonds is 8. The lowest BCUT2D eigenvalue weighted by Crippen LogP contribution is -2.47. The van der Waals surface area contributed by atoms with Crippen molar-refractivity contribution in [3.8, 4) is 5.75 Å². The zero-order valence-corrected chi connectivity index (χ0v) is 21.3. The first kappa shape index (κ1) is 25.2. The van der Waals surface area contributed by atoms with Gasteiger partial charge in [-0.05, 0) is 108 Å². The zero-order chi connectivity index (χ0) is 25.9. The van der Waals surface area contributed by atoms with Crippen LogP contribution < -0.4 is 0 Å². The van der Waals surface area contributed by atoms with Crippen LogP contribution in [0.3, 0.4) is 0 Å². The van der Waals surface area contributed by atoms with E-state index in [9.17, 15) is 19.4 Å². The maximum atomic E-state index is 12.4. The number of carboxylic acid groups (broad SMARTS) is 1. The number of fused-ring (bicyclic) bond motifs is 1. The predicted octanol–water partition coefficient (Wildman–Crippen LogP) is 6.53. The highest BCUT2D eigenvalue weighted by Crippen LogP contribution is 2.42. The number of allylic oxidation sites excluding steroid dienone is 1. The van der Waals surface area contributed by atoms with Crippen molar-refractivity contribution >= 4 is 17.1 Å². The number of nitrogens with zero attached hydrogens (tertiary/aromatic N) is 1. The highest BCUT2D eigenvalue weighted by Gasteiger charge is 2.26. The molecule has 2 aliphatic rings. The summed E-state index contributed by atoms with van der Waals surface area (Å²) in [6.07, 6.45) is 4.19. The van der Waals surface area contributed by atoms with Crippen LogP contribution in [-0.2, 0) is 12.8 Å². The van der Waals surface area contributed by atoms with E-state index in [1.54, 1.807) is 12.1 Å². The lowest BCUT2D eigenvalue weighted by Gasteiger charge is -2.39. The summed E-state index contributed by atoms with van der Waals surface area (Å²) in [7, 11) is 0. The number of benzene rings is 3. The van der Waals surface area contributed by atoms with Gasteiger partial charge in [0, 0.05) is 19.6 Å². The van der Waals surface area contributed by atoms with E-state index in [0.29, 0.717) is 17.9 Å². The van der Waals surface area contributed by atoms with Crippen molar-refractivity contribution in [3.05, 3.63) is 99.6 Å². The number of alkyl halides is 1. The van der Waals surface area contributed by atoms with E-state index in [1.807, 2.05) is 25.1 Å². The molecule has 37 heavy (non-hydrogen) atoms. The number of aromatic carboxylic acids is 1. The van der Waals surface area contributed by atoms with Crippen LogP contribution in [-0.4, -0.2) is 47.4 Å². The van der Waals surface area contributed by atoms with Crippen molar-refractivity contribution in [3.63, 3.8) is 0 Å². The Bertz CT molecular complexity index is 1320. The van der Waals surface area contributed by atoms with Crippen LogP contribution in [0, 0.1) is 12.8 Å². The normalized spacial score (nSPS) is 16.3. The second kappa shape index (κ2) is 10.9. The van der Waals surface area contributed by atoms with E-state index in [4.69, 9.17) is 0 Å². The van der Waals surface area contributed by atoms with Gasteiger partial charge in [0.05, 0.1) is 12.2 Å². The summed E-state index contributed by atoms with van der Waals surface area (Å²) in [6.45, 7) is 4.62. The summed E-state index contributed by atoms with van der Waals surface area (Å²) in [5.74, 6) is -0.0140. The molecule has 1 heterocycles. The Morgan fingerprint density at radius 1 is 1.03 bits per heavy atom. The van der Waals surface area contributed by atoms with Crippen molar-refractivity contribution in [2.24, 2.45) is 5.92 Å². The van der Waals surface area contributed by atoms with Crippen LogP contribution in [0.4, 0.5) is 4.39 Å². The number of hydrogen-bond donors (Lipinski definition) is 2. The number of phenols is 1. The molecule has 5 heteroatoms. The smallest absolute Gasteiger partial charge is 0.335 e. The maximum absolute atomic E-state index is 12.4. The molecule has 4 nitrogen and oxygen atoms in total. The molecular formula is C32H34FNO3. The minimum absolute atomic E-state index is 0.247. The third-order valence-electron chi connectivity index (χ3n) is 7.83. The number of likely N-dealkylation sites (tertiary alicyclic amines) is 1. The van der Waals surface area contributed by atoms with Gasteiger partial charge in [-0.15, -0.1) is 0 Å². The summed E-state index contributed by atoms with van der Waals surface area (Å²) in [6, 6.07) is 19.9. The average molecular weight is 500 g/mol. The highest BCUT2D eigenvalue weighted by molar-refractivity contribution is 6.01. The van der Waals surface area contributed by atoms with Crippen LogP contribution in [0.15, 0.2) is 60.7 Å². The quantitative estimate of drug-likeness (QED) is 0.370. The van der Waals surface area contributed by atoms with Gasteiger partial charge < -0.3 is 15.1 Å². The Labute approximate surface area is 218 Å². The first-order valence-electron chi connectivity index (χ1n) is 13.2. The molecule has 0 atom stereocenters. The summed E-state index contributed by atoms with van der Waals surface area (Å²) in [5.41, 5.74) is 9.03. The van der Waals surface area contributed by atoms with Crippen LogP contribution >= 0.6 is 0 Å². The van der Waals surface area contributed by atoms with Crippen molar-refractivity contribution in [2.75, 3.05) is 26.3 Å². The number of phenolic OH excluding ortho intramolecular Hbond substituents is 1. The fourth-order valence-corrected chi connectivity index (χ4v) is 5.88. The molecule has 3 aromatic carbocycles. The van der Waals surface area contributed by atoms with E-state index in [0.717, 1.165) is 78.7 Å². The summed E-state index contributed by atoms with van der Waals surface area (Å²) in [4.78, 5) is 14.0. The zero-order valence-electron chi connectivity index (χ0n) is 21.3. The van der Waals surface area contributed by atoms with Gasteiger partial charge in [-0.3, -0.25) is 4.39 Å². The third kappa shape index (κ3) is 5.33. The second-order valence-electron chi connectivity index (χ2n) is 10.4. The number of aryl methyl sites for hydroxylation is 1. The van der Waals surface area contributed by atoms with Crippen molar-refractivity contribution in [1.82, 2.24) is 4.90 Å². The topological polar surface area (TPSA) is 60.8 Å². The van der Waals surface area contributed by atoms with Crippen LogP contribution in [0.2, 0.25) is 0 Å². The molecule has 3 aromatic rings. The molecule has 0 spiro atoms. The average Bonchev–Trinajstić information content (AvgIpc) is 3.06. The largest absolute Gasteiger partial charge is 0.508 e. The molecule has 1 aliphatic heterocycles. The fraction of sp³-hybridized carbons (Fsp3) is 0.344. The summed E-state index contributed by atoms with van der Waals surface area (Å²) >= 11 is 0. The summed E-state index contributed by atoms with van der Waals surface area (Å²) in [5, 5.41) is 20.0. The predicted molar refractivity (Wildman–Crippen MR) is 146 cm³/mol. The Hall–Kier alpha value is -3.44. The van der Waals surface area contributed by atoms with Gasteiger partial charge in [0.15, 0.2) is 0 Å².